The maximum atomic E-state index is 12.5. The number of hydrogen-bond acceptors (Lipinski definition) is 7. The number of nitrogens with zero attached hydrogens (tertiary/aromatic N) is 1. The van der Waals surface area contributed by atoms with E-state index in [0.29, 0.717) is 42.3 Å². The number of carbonyl (C=O) groups excluding carboxylic acids is 1. The van der Waals surface area contributed by atoms with Gasteiger partial charge >= 0.3 is 0 Å². The largest absolute Gasteiger partial charge is 0.398 e. The van der Waals surface area contributed by atoms with E-state index >= 15 is 0 Å². The smallest absolute Gasteiger partial charge is 0.229 e. The zero-order valence-electron chi connectivity index (χ0n) is 21.7. The molecule has 2 aromatic carbocycles. The van der Waals surface area contributed by atoms with Gasteiger partial charge in [-0.2, -0.15) is 0 Å². The molecule has 8 heteroatoms. The summed E-state index contributed by atoms with van der Waals surface area (Å²) in [6.07, 6.45) is 5.82. The van der Waals surface area contributed by atoms with Gasteiger partial charge in [0.15, 0.2) is 5.79 Å². The van der Waals surface area contributed by atoms with Crippen LogP contribution in [0.2, 0.25) is 0 Å². The maximum absolute atomic E-state index is 12.5. The molecular weight excluding hydrogens is 496 g/mol. The van der Waals surface area contributed by atoms with Crippen molar-refractivity contribution in [3.8, 4) is 0 Å². The molecule has 2 saturated heterocycles. The van der Waals surface area contributed by atoms with E-state index in [2.05, 4.69) is 28.4 Å². The second-order valence-electron chi connectivity index (χ2n) is 9.93. The lowest BCUT2D eigenvalue weighted by molar-refractivity contribution is -0.185. The molecule has 0 unspecified atom stereocenters. The standard InChI is InChI=1S/C30H34N4O3S/c1-21-16-27(32)25(19-28(21)33-29(35)18-24-6-3-15-38-24)26(31)8-7-22-4-2-5-23(17-22)20-34-11-9-30(10-12-34)36-13-14-37-30/h2-8,15-17,19,31H,9-14,18,20,32H2,1H3,(H,33,35)/b8-7+,31-26?. The highest BCUT2D eigenvalue weighted by Gasteiger charge is 2.39. The predicted molar refractivity (Wildman–Crippen MR) is 154 cm³/mol. The van der Waals surface area contributed by atoms with Gasteiger partial charge in [-0.1, -0.05) is 36.4 Å². The summed E-state index contributed by atoms with van der Waals surface area (Å²) in [7, 11) is 0. The number of anilines is 2. The molecular formula is C30H34N4O3S. The molecule has 0 radical (unpaired) electrons. The summed E-state index contributed by atoms with van der Waals surface area (Å²) in [6, 6.07) is 15.9. The lowest BCUT2D eigenvalue weighted by Gasteiger charge is -2.37. The van der Waals surface area contributed by atoms with Crippen LogP contribution >= 0.6 is 11.3 Å². The van der Waals surface area contributed by atoms with Crippen LogP contribution in [0.25, 0.3) is 6.08 Å². The lowest BCUT2D eigenvalue weighted by Crippen LogP contribution is -2.44. The van der Waals surface area contributed by atoms with Crippen molar-refractivity contribution in [1.29, 1.82) is 5.41 Å². The van der Waals surface area contributed by atoms with Crippen LogP contribution in [0, 0.1) is 12.3 Å². The minimum atomic E-state index is -0.355. The van der Waals surface area contributed by atoms with Gasteiger partial charge in [-0.15, -0.1) is 11.3 Å². The van der Waals surface area contributed by atoms with E-state index in [-0.39, 0.29) is 11.7 Å². The highest BCUT2D eigenvalue weighted by molar-refractivity contribution is 7.10. The van der Waals surface area contributed by atoms with Crippen LogP contribution in [0.1, 0.15) is 40.0 Å². The van der Waals surface area contributed by atoms with E-state index in [1.807, 2.05) is 42.6 Å². The number of nitrogens with two attached hydrogens (primary N) is 1. The number of hydrogen-bond donors (Lipinski definition) is 3. The molecule has 3 aromatic rings. The predicted octanol–water partition coefficient (Wildman–Crippen LogP) is 5.24. The molecule has 1 aromatic heterocycles. The number of nitrogens with one attached hydrogen (secondary N) is 2. The Hall–Kier alpha value is -3.30. The van der Waals surface area contributed by atoms with E-state index in [4.69, 9.17) is 20.6 Å². The van der Waals surface area contributed by atoms with Crippen molar-refractivity contribution in [2.75, 3.05) is 37.4 Å². The molecule has 0 saturated carbocycles. The maximum Gasteiger partial charge on any atom is 0.229 e. The molecule has 1 spiro atoms. The third kappa shape index (κ3) is 6.39. The Kier molecular flexibility index (Phi) is 8.04. The van der Waals surface area contributed by atoms with Crippen molar-refractivity contribution in [3.63, 3.8) is 0 Å². The van der Waals surface area contributed by atoms with Crippen LogP contribution < -0.4 is 11.1 Å². The number of rotatable bonds is 8. The molecule has 38 heavy (non-hydrogen) atoms. The quantitative estimate of drug-likeness (QED) is 0.273. The van der Waals surface area contributed by atoms with Gasteiger partial charge < -0.3 is 25.9 Å². The molecule has 3 heterocycles. The Bertz CT molecular complexity index is 1320. The average molecular weight is 531 g/mol. The third-order valence-corrected chi connectivity index (χ3v) is 7.98. The van der Waals surface area contributed by atoms with Crippen LogP contribution in [-0.4, -0.2) is 48.6 Å². The number of aryl methyl sites for hydroxylation is 1. The van der Waals surface area contributed by atoms with Crippen LogP contribution in [0.4, 0.5) is 11.4 Å². The second-order valence-corrected chi connectivity index (χ2v) is 11.0. The number of thiophene rings is 1. The van der Waals surface area contributed by atoms with Crippen molar-refractivity contribution >= 4 is 40.4 Å². The Labute approximate surface area is 227 Å². The summed E-state index contributed by atoms with van der Waals surface area (Å²) >= 11 is 1.56. The number of carbonyl (C=O) groups is 1. The minimum Gasteiger partial charge on any atom is -0.398 e. The number of ether oxygens (including phenoxy) is 2. The van der Waals surface area contributed by atoms with E-state index in [1.165, 1.54) is 5.56 Å². The topological polar surface area (TPSA) is 101 Å². The summed E-state index contributed by atoms with van der Waals surface area (Å²) in [6.45, 7) is 6.07. The van der Waals surface area contributed by atoms with E-state index < -0.39 is 0 Å². The first-order chi connectivity index (χ1) is 18.4. The first-order valence-electron chi connectivity index (χ1n) is 13.0. The Morgan fingerprint density at radius 2 is 1.95 bits per heavy atom. The van der Waals surface area contributed by atoms with Gasteiger partial charge in [0, 0.05) is 54.3 Å². The molecule has 4 N–H and O–H groups in total. The van der Waals surface area contributed by atoms with Gasteiger partial charge in [0.05, 0.1) is 25.3 Å². The normalized spacial score (nSPS) is 17.3. The molecule has 2 fully saturated rings. The zero-order valence-corrected chi connectivity index (χ0v) is 22.5. The minimum absolute atomic E-state index is 0.0858. The fraction of sp³-hybridized carbons (Fsp3) is 0.333. The van der Waals surface area contributed by atoms with Crippen molar-refractivity contribution in [2.24, 2.45) is 0 Å². The van der Waals surface area contributed by atoms with Gasteiger partial charge in [0.25, 0.3) is 0 Å². The zero-order chi connectivity index (χ0) is 26.5. The van der Waals surface area contributed by atoms with Crippen LogP contribution in [0.5, 0.6) is 0 Å². The first-order valence-corrected chi connectivity index (χ1v) is 13.9. The fourth-order valence-corrected chi connectivity index (χ4v) is 5.73. The molecule has 0 atom stereocenters. The number of piperidine rings is 1. The highest BCUT2D eigenvalue weighted by Crippen LogP contribution is 2.32. The summed E-state index contributed by atoms with van der Waals surface area (Å²) in [5.74, 6) is -0.441. The Morgan fingerprint density at radius 3 is 2.68 bits per heavy atom. The third-order valence-electron chi connectivity index (χ3n) is 7.11. The number of benzene rings is 2. The first kappa shape index (κ1) is 26.3. The Balaban J connectivity index is 1.21. The molecule has 2 aliphatic rings. The van der Waals surface area contributed by atoms with Gasteiger partial charge in [-0.3, -0.25) is 9.69 Å². The highest BCUT2D eigenvalue weighted by atomic mass is 32.1. The number of allylic oxidation sites excluding steroid dienone is 1. The van der Waals surface area contributed by atoms with Crippen molar-refractivity contribution in [2.45, 2.75) is 38.5 Å². The molecule has 5 rings (SSSR count). The molecule has 198 valence electrons. The van der Waals surface area contributed by atoms with Gasteiger partial charge in [-0.05, 0) is 53.3 Å². The van der Waals surface area contributed by atoms with Crippen molar-refractivity contribution in [3.05, 3.63) is 87.1 Å². The van der Waals surface area contributed by atoms with Gasteiger partial charge in [0.2, 0.25) is 5.91 Å². The van der Waals surface area contributed by atoms with Gasteiger partial charge in [-0.25, -0.2) is 0 Å². The van der Waals surface area contributed by atoms with E-state index in [1.54, 1.807) is 23.5 Å². The molecule has 1 amide bonds. The second kappa shape index (κ2) is 11.6. The van der Waals surface area contributed by atoms with Crippen LogP contribution in [0.15, 0.2) is 60.0 Å². The van der Waals surface area contributed by atoms with Crippen LogP contribution in [0.3, 0.4) is 0 Å². The van der Waals surface area contributed by atoms with Crippen LogP contribution in [-0.2, 0) is 27.2 Å². The number of amides is 1. The molecule has 2 aliphatic heterocycles. The fourth-order valence-electron chi connectivity index (χ4n) is 5.02. The Morgan fingerprint density at radius 1 is 1.16 bits per heavy atom. The summed E-state index contributed by atoms with van der Waals surface area (Å²) in [5, 5.41) is 13.6. The molecule has 7 nitrogen and oxygen atoms in total. The summed E-state index contributed by atoms with van der Waals surface area (Å²) < 4.78 is 11.7. The summed E-state index contributed by atoms with van der Waals surface area (Å²) in [5.41, 5.74) is 11.5. The van der Waals surface area contributed by atoms with Crippen molar-refractivity contribution in [1.82, 2.24) is 4.90 Å². The lowest BCUT2D eigenvalue weighted by atomic mass is 10.0. The van der Waals surface area contributed by atoms with E-state index in [0.717, 1.165) is 48.5 Å². The monoisotopic (exact) mass is 530 g/mol. The number of likely N-dealkylation sites (tertiary alicyclic amines) is 1. The van der Waals surface area contributed by atoms with Gasteiger partial charge in [0.1, 0.15) is 0 Å². The molecule has 0 bridgehead atoms. The summed E-state index contributed by atoms with van der Waals surface area (Å²) in [4.78, 5) is 16.0. The molecule has 0 aliphatic carbocycles. The van der Waals surface area contributed by atoms with E-state index in [9.17, 15) is 4.79 Å². The number of nitrogen functional groups attached to an aromatic ring is 1. The van der Waals surface area contributed by atoms with Crippen molar-refractivity contribution < 1.29 is 14.3 Å². The average Bonchev–Trinajstić information content (AvgIpc) is 3.58. The SMILES string of the molecule is Cc1cc(N)c(C(=N)/C=C/c2cccc(CN3CCC4(CC3)OCCO4)c2)cc1NC(=O)Cc1cccs1.